The summed E-state index contributed by atoms with van der Waals surface area (Å²) in [5.41, 5.74) is 0.343. The lowest BCUT2D eigenvalue weighted by Gasteiger charge is -2.01. The minimum atomic E-state index is -3.31. The molecule has 2 aromatic rings. The van der Waals surface area contributed by atoms with Crippen molar-refractivity contribution < 1.29 is 13.2 Å². The standard InChI is InChI=1S/C10H9N3O3S/c1-17(15,16)9-5-12-13(6-9)10-8(7-14)3-2-4-11-10/h2-7H,1H3. The van der Waals surface area contributed by atoms with E-state index < -0.39 is 9.84 Å². The summed E-state index contributed by atoms with van der Waals surface area (Å²) in [6.45, 7) is 0. The third-order valence-corrected chi connectivity index (χ3v) is 3.22. The fourth-order valence-corrected chi connectivity index (χ4v) is 1.84. The zero-order chi connectivity index (χ0) is 12.5. The average Bonchev–Trinajstić information content (AvgIpc) is 2.77. The van der Waals surface area contributed by atoms with Gasteiger partial charge in [-0.25, -0.2) is 18.1 Å². The summed E-state index contributed by atoms with van der Waals surface area (Å²) in [4.78, 5) is 14.9. The fraction of sp³-hybridized carbons (Fsp3) is 0.100. The zero-order valence-corrected chi connectivity index (χ0v) is 9.76. The van der Waals surface area contributed by atoms with Gasteiger partial charge in [0.1, 0.15) is 4.90 Å². The molecular weight excluding hydrogens is 242 g/mol. The normalized spacial score (nSPS) is 11.4. The molecular formula is C10H9N3O3S. The summed E-state index contributed by atoms with van der Waals surface area (Å²) in [7, 11) is -3.31. The van der Waals surface area contributed by atoms with E-state index in [0.29, 0.717) is 17.7 Å². The van der Waals surface area contributed by atoms with Gasteiger partial charge in [0.15, 0.2) is 21.9 Å². The van der Waals surface area contributed by atoms with E-state index >= 15 is 0 Å². The first-order chi connectivity index (χ1) is 8.02. The van der Waals surface area contributed by atoms with Gasteiger partial charge < -0.3 is 0 Å². The van der Waals surface area contributed by atoms with Crippen LogP contribution < -0.4 is 0 Å². The first kappa shape index (κ1) is 11.5. The van der Waals surface area contributed by atoms with E-state index in [9.17, 15) is 13.2 Å². The van der Waals surface area contributed by atoms with Crippen molar-refractivity contribution in [2.24, 2.45) is 0 Å². The van der Waals surface area contributed by atoms with E-state index in [2.05, 4.69) is 10.1 Å². The summed E-state index contributed by atoms with van der Waals surface area (Å²) in [6, 6.07) is 3.20. The Kier molecular flexibility index (Phi) is 2.76. The van der Waals surface area contributed by atoms with E-state index in [1.54, 1.807) is 12.1 Å². The molecule has 17 heavy (non-hydrogen) atoms. The molecule has 0 radical (unpaired) electrons. The van der Waals surface area contributed by atoms with Crippen molar-refractivity contribution in [3.63, 3.8) is 0 Å². The van der Waals surface area contributed by atoms with Crippen molar-refractivity contribution in [1.82, 2.24) is 14.8 Å². The minimum Gasteiger partial charge on any atom is -0.298 e. The molecule has 0 aliphatic heterocycles. The van der Waals surface area contributed by atoms with E-state index in [1.165, 1.54) is 23.3 Å². The SMILES string of the molecule is CS(=O)(=O)c1cnn(-c2ncccc2C=O)c1. The number of aromatic nitrogens is 3. The van der Waals surface area contributed by atoms with Gasteiger partial charge in [-0.3, -0.25) is 4.79 Å². The Morgan fingerprint density at radius 3 is 2.76 bits per heavy atom. The Morgan fingerprint density at radius 1 is 1.41 bits per heavy atom. The van der Waals surface area contributed by atoms with Gasteiger partial charge in [-0.05, 0) is 12.1 Å². The quantitative estimate of drug-likeness (QED) is 0.741. The lowest BCUT2D eigenvalue weighted by molar-refractivity contribution is 0.112. The van der Waals surface area contributed by atoms with Gasteiger partial charge in [-0.15, -0.1) is 0 Å². The van der Waals surface area contributed by atoms with E-state index in [-0.39, 0.29) is 4.90 Å². The molecule has 6 nitrogen and oxygen atoms in total. The first-order valence-electron chi connectivity index (χ1n) is 4.67. The Hall–Kier alpha value is -2.02. The van der Waals surface area contributed by atoms with Gasteiger partial charge in [-0.1, -0.05) is 0 Å². The van der Waals surface area contributed by atoms with Crippen LogP contribution in [0.4, 0.5) is 0 Å². The first-order valence-corrected chi connectivity index (χ1v) is 6.57. The molecule has 0 spiro atoms. The lowest BCUT2D eigenvalue weighted by Crippen LogP contribution is -2.02. The maximum absolute atomic E-state index is 11.3. The van der Waals surface area contributed by atoms with Crippen LogP contribution in [0.25, 0.3) is 5.82 Å². The summed E-state index contributed by atoms with van der Waals surface area (Å²) in [5.74, 6) is 0.303. The van der Waals surface area contributed by atoms with Crippen molar-refractivity contribution in [2.75, 3.05) is 6.26 Å². The molecule has 0 aliphatic carbocycles. The van der Waals surface area contributed by atoms with Crippen LogP contribution in [0, 0.1) is 0 Å². The van der Waals surface area contributed by atoms with Crippen LogP contribution in [0.2, 0.25) is 0 Å². The Bertz CT molecular complexity index is 661. The zero-order valence-electron chi connectivity index (χ0n) is 8.94. The van der Waals surface area contributed by atoms with Crippen molar-refractivity contribution in [3.8, 4) is 5.82 Å². The minimum absolute atomic E-state index is 0.0833. The summed E-state index contributed by atoms with van der Waals surface area (Å²) < 4.78 is 23.8. The molecule has 0 aromatic carbocycles. The van der Waals surface area contributed by atoms with Crippen LogP contribution in [0.5, 0.6) is 0 Å². The number of rotatable bonds is 3. The summed E-state index contributed by atoms with van der Waals surface area (Å²) in [6.07, 6.45) is 5.78. The highest BCUT2D eigenvalue weighted by molar-refractivity contribution is 7.90. The molecule has 88 valence electrons. The third-order valence-electron chi connectivity index (χ3n) is 2.15. The predicted molar refractivity (Wildman–Crippen MR) is 59.9 cm³/mol. The van der Waals surface area contributed by atoms with Crippen molar-refractivity contribution in [1.29, 1.82) is 0 Å². The van der Waals surface area contributed by atoms with Crippen LogP contribution in [0.1, 0.15) is 10.4 Å². The maximum atomic E-state index is 11.3. The highest BCUT2D eigenvalue weighted by Crippen LogP contribution is 2.12. The van der Waals surface area contributed by atoms with Crippen LogP contribution in [0.15, 0.2) is 35.6 Å². The smallest absolute Gasteiger partial charge is 0.178 e. The molecule has 2 heterocycles. The van der Waals surface area contributed by atoms with E-state index in [0.717, 1.165) is 6.26 Å². The van der Waals surface area contributed by atoms with E-state index in [4.69, 9.17) is 0 Å². The van der Waals surface area contributed by atoms with E-state index in [1.807, 2.05) is 0 Å². The molecule has 0 fully saturated rings. The van der Waals surface area contributed by atoms with Gasteiger partial charge in [0, 0.05) is 12.5 Å². The van der Waals surface area contributed by atoms with Gasteiger partial charge in [0.2, 0.25) is 0 Å². The molecule has 0 aliphatic rings. The summed E-state index contributed by atoms with van der Waals surface area (Å²) in [5, 5.41) is 3.88. The maximum Gasteiger partial charge on any atom is 0.178 e. The Morgan fingerprint density at radius 2 is 2.18 bits per heavy atom. The number of hydrogen-bond donors (Lipinski definition) is 0. The highest BCUT2D eigenvalue weighted by atomic mass is 32.2. The number of carbonyl (C=O) groups excluding carboxylic acids is 1. The van der Waals surface area contributed by atoms with Gasteiger partial charge in [0.25, 0.3) is 0 Å². The van der Waals surface area contributed by atoms with Crippen LogP contribution >= 0.6 is 0 Å². The molecule has 0 N–H and O–H groups in total. The number of hydrogen-bond acceptors (Lipinski definition) is 5. The number of pyridine rings is 1. The topological polar surface area (TPSA) is 81.9 Å². The number of carbonyl (C=O) groups is 1. The van der Waals surface area contributed by atoms with Crippen LogP contribution in [-0.2, 0) is 9.84 Å². The third kappa shape index (κ3) is 2.23. The summed E-state index contributed by atoms with van der Waals surface area (Å²) >= 11 is 0. The molecule has 0 saturated heterocycles. The monoisotopic (exact) mass is 251 g/mol. The molecule has 2 aromatic heterocycles. The van der Waals surface area contributed by atoms with Gasteiger partial charge in [-0.2, -0.15) is 5.10 Å². The molecule has 0 amide bonds. The molecule has 0 unspecified atom stereocenters. The van der Waals surface area contributed by atoms with Crippen LogP contribution in [-0.4, -0.2) is 35.7 Å². The largest absolute Gasteiger partial charge is 0.298 e. The Labute approximate surface area is 97.8 Å². The second-order valence-corrected chi connectivity index (χ2v) is 5.44. The second-order valence-electron chi connectivity index (χ2n) is 3.43. The lowest BCUT2D eigenvalue weighted by atomic mass is 10.3. The van der Waals surface area contributed by atoms with Crippen molar-refractivity contribution in [2.45, 2.75) is 4.90 Å². The number of sulfone groups is 1. The molecule has 7 heteroatoms. The number of nitrogens with zero attached hydrogens (tertiary/aromatic N) is 3. The molecule has 0 saturated carbocycles. The fourth-order valence-electron chi connectivity index (χ4n) is 1.31. The van der Waals surface area contributed by atoms with Gasteiger partial charge in [0.05, 0.1) is 18.0 Å². The van der Waals surface area contributed by atoms with Crippen molar-refractivity contribution >= 4 is 16.1 Å². The molecule has 0 atom stereocenters. The predicted octanol–water partition coefficient (Wildman–Crippen LogP) is 0.483. The molecule has 2 rings (SSSR count). The van der Waals surface area contributed by atoms with Crippen LogP contribution in [0.3, 0.4) is 0 Å². The average molecular weight is 251 g/mol. The number of aldehydes is 1. The highest BCUT2D eigenvalue weighted by Gasteiger charge is 2.12. The Balaban J connectivity index is 2.55. The van der Waals surface area contributed by atoms with Crippen molar-refractivity contribution in [3.05, 3.63) is 36.3 Å². The molecule has 0 bridgehead atoms. The second kappa shape index (κ2) is 4.10. The van der Waals surface area contributed by atoms with Gasteiger partial charge >= 0.3 is 0 Å².